The average Bonchev–Trinajstić information content (AvgIpc) is 2.63. The number of unbranched alkanes of at least 4 members (excludes halogenated alkanes) is 13. The zero-order valence-corrected chi connectivity index (χ0v) is 17.8. The van der Waals surface area contributed by atoms with Gasteiger partial charge in [-0.2, -0.15) is 0 Å². The van der Waals surface area contributed by atoms with Gasteiger partial charge >= 0.3 is 5.97 Å². The summed E-state index contributed by atoms with van der Waals surface area (Å²) in [4.78, 5) is 10.7. The van der Waals surface area contributed by atoms with E-state index in [1.54, 1.807) is 0 Å². The summed E-state index contributed by atoms with van der Waals surface area (Å²) >= 11 is 0. The van der Waals surface area contributed by atoms with Crippen molar-refractivity contribution in [2.75, 3.05) is 0 Å². The molecule has 0 aliphatic heterocycles. The van der Waals surface area contributed by atoms with E-state index in [1.807, 2.05) is 0 Å². The van der Waals surface area contributed by atoms with Crippen LogP contribution in [0.1, 0.15) is 129 Å². The molecule has 0 rings (SSSR count). The molecule has 0 saturated heterocycles. The van der Waals surface area contributed by atoms with E-state index in [9.17, 15) is 4.79 Å². The van der Waals surface area contributed by atoms with Gasteiger partial charge in [0.25, 0.3) is 0 Å². The van der Waals surface area contributed by atoms with Crippen molar-refractivity contribution in [3.8, 4) is 0 Å². The summed E-state index contributed by atoms with van der Waals surface area (Å²) in [7, 11) is 0. The lowest BCUT2D eigenvalue weighted by Crippen LogP contribution is -2.06. The molecular weight excluding hydrogens is 320 g/mol. The molecule has 26 heavy (non-hydrogen) atoms. The molecule has 0 aliphatic carbocycles. The predicted octanol–water partition coefficient (Wildman–Crippen LogP) is 8.31. The number of rotatable bonds is 20. The van der Waals surface area contributed by atoms with Gasteiger partial charge in [-0.05, 0) is 38.0 Å². The van der Waals surface area contributed by atoms with Crippen LogP contribution in [0, 0.1) is 5.92 Å². The number of aliphatic carboxylic acids is 1. The van der Waals surface area contributed by atoms with Gasteiger partial charge in [0, 0.05) is 6.42 Å². The molecule has 0 heterocycles. The quantitative estimate of drug-likeness (QED) is 0.174. The van der Waals surface area contributed by atoms with E-state index in [0.717, 1.165) is 12.8 Å². The summed E-state index contributed by atoms with van der Waals surface area (Å²) in [5.74, 6) is -0.256. The Kier molecular flexibility index (Phi) is 19.9. The van der Waals surface area contributed by atoms with Crippen molar-refractivity contribution in [1.82, 2.24) is 0 Å². The average molecular weight is 367 g/mol. The van der Waals surface area contributed by atoms with Crippen LogP contribution in [0.2, 0.25) is 0 Å². The molecule has 0 amide bonds. The number of carboxylic acid groups (broad SMARTS) is 1. The van der Waals surface area contributed by atoms with Crippen LogP contribution in [0.4, 0.5) is 0 Å². The topological polar surface area (TPSA) is 37.3 Å². The fourth-order valence-corrected chi connectivity index (χ4v) is 3.55. The Hall–Kier alpha value is -0.790. The molecule has 0 fully saturated rings. The van der Waals surface area contributed by atoms with Crippen molar-refractivity contribution in [2.24, 2.45) is 5.92 Å². The second-order valence-corrected chi connectivity index (χ2v) is 7.95. The number of carbonyl (C=O) groups is 1. The minimum absolute atomic E-state index is 0.350. The SMILES string of the molecule is CCCCCCCC/C=C/CCCCCCCCCC(CC)CC(=O)O. The van der Waals surface area contributed by atoms with Gasteiger partial charge in [-0.1, -0.05) is 103 Å². The van der Waals surface area contributed by atoms with Crippen molar-refractivity contribution >= 4 is 5.97 Å². The van der Waals surface area contributed by atoms with Crippen LogP contribution in [-0.2, 0) is 4.79 Å². The number of allylic oxidation sites excluding steroid dienone is 2. The molecule has 0 aromatic carbocycles. The maximum atomic E-state index is 10.7. The highest BCUT2D eigenvalue weighted by Crippen LogP contribution is 2.18. The fourth-order valence-electron chi connectivity index (χ4n) is 3.55. The lowest BCUT2D eigenvalue weighted by molar-refractivity contribution is -0.138. The molecule has 0 radical (unpaired) electrons. The smallest absolute Gasteiger partial charge is 0.303 e. The normalized spacial score (nSPS) is 12.7. The molecule has 0 aliphatic rings. The van der Waals surface area contributed by atoms with Crippen LogP contribution in [0.5, 0.6) is 0 Å². The monoisotopic (exact) mass is 366 g/mol. The van der Waals surface area contributed by atoms with Crippen molar-refractivity contribution < 1.29 is 9.90 Å². The molecule has 2 heteroatoms. The van der Waals surface area contributed by atoms with Crippen LogP contribution in [0.15, 0.2) is 12.2 Å². The largest absolute Gasteiger partial charge is 0.481 e. The zero-order valence-electron chi connectivity index (χ0n) is 17.8. The Morgan fingerprint density at radius 2 is 1.19 bits per heavy atom. The first-order valence-corrected chi connectivity index (χ1v) is 11.6. The first-order valence-electron chi connectivity index (χ1n) is 11.6. The van der Waals surface area contributed by atoms with Gasteiger partial charge in [0.2, 0.25) is 0 Å². The van der Waals surface area contributed by atoms with Gasteiger partial charge in [0.05, 0.1) is 0 Å². The van der Waals surface area contributed by atoms with Crippen LogP contribution in [0.25, 0.3) is 0 Å². The minimum Gasteiger partial charge on any atom is -0.481 e. The summed E-state index contributed by atoms with van der Waals surface area (Å²) in [6.07, 6.45) is 27.3. The lowest BCUT2D eigenvalue weighted by atomic mass is 9.95. The van der Waals surface area contributed by atoms with Crippen LogP contribution in [0.3, 0.4) is 0 Å². The van der Waals surface area contributed by atoms with E-state index in [0.29, 0.717) is 12.3 Å². The molecule has 1 atom stereocenters. The van der Waals surface area contributed by atoms with Gasteiger partial charge in [-0.25, -0.2) is 0 Å². The van der Waals surface area contributed by atoms with Crippen molar-refractivity contribution in [3.63, 3.8) is 0 Å². The van der Waals surface area contributed by atoms with Gasteiger partial charge in [-0.15, -0.1) is 0 Å². The predicted molar refractivity (Wildman–Crippen MR) is 115 cm³/mol. The summed E-state index contributed by atoms with van der Waals surface area (Å²) < 4.78 is 0. The van der Waals surface area contributed by atoms with E-state index in [4.69, 9.17) is 5.11 Å². The molecule has 0 aromatic rings. The first-order chi connectivity index (χ1) is 12.7. The van der Waals surface area contributed by atoms with E-state index in [-0.39, 0.29) is 0 Å². The Morgan fingerprint density at radius 3 is 1.65 bits per heavy atom. The fraction of sp³-hybridized carbons (Fsp3) is 0.875. The molecule has 1 N–H and O–H groups in total. The number of hydrogen-bond donors (Lipinski definition) is 1. The maximum absolute atomic E-state index is 10.7. The second-order valence-electron chi connectivity index (χ2n) is 7.95. The highest BCUT2D eigenvalue weighted by Gasteiger charge is 2.10. The Labute approximate surface area is 163 Å². The molecule has 1 unspecified atom stereocenters. The van der Waals surface area contributed by atoms with Crippen molar-refractivity contribution in [3.05, 3.63) is 12.2 Å². The molecule has 0 saturated carbocycles. The van der Waals surface area contributed by atoms with Gasteiger partial charge in [0.15, 0.2) is 0 Å². The third-order valence-electron chi connectivity index (χ3n) is 5.41. The van der Waals surface area contributed by atoms with Crippen LogP contribution in [-0.4, -0.2) is 11.1 Å². The van der Waals surface area contributed by atoms with Gasteiger partial charge in [-0.3, -0.25) is 4.79 Å². The Morgan fingerprint density at radius 1 is 0.731 bits per heavy atom. The van der Waals surface area contributed by atoms with E-state index in [1.165, 1.54) is 96.3 Å². The molecular formula is C24H46O2. The highest BCUT2D eigenvalue weighted by molar-refractivity contribution is 5.66. The second kappa shape index (κ2) is 20.5. The maximum Gasteiger partial charge on any atom is 0.303 e. The zero-order chi connectivity index (χ0) is 19.3. The molecule has 154 valence electrons. The summed E-state index contributed by atoms with van der Waals surface area (Å²) in [5, 5.41) is 8.85. The third-order valence-corrected chi connectivity index (χ3v) is 5.41. The molecule has 0 bridgehead atoms. The van der Waals surface area contributed by atoms with E-state index >= 15 is 0 Å². The van der Waals surface area contributed by atoms with Gasteiger partial charge in [0.1, 0.15) is 0 Å². The highest BCUT2D eigenvalue weighted by atomic mass is 16.4. The van der Waals surface area contributed by atoms with E-state index < -0.39 is 5.97 Å². The summed E-state index contributed by atoms with van der Waals surface area (Å²) in [5.41, 5.74) is 0. The lowest BCUT2D eigenvalue weighted by Gasteiger charge is -2.11. The van der Waals surface area contributed by atoms with E-state index in [2.05, 4.69) is 26.0 Å². The van der Waals surface area contributed by atoms with Gasteiger partial charge < -0.3 is 5.11 Å². The molecule has 0 aromatic heterocycles. The number of carboxylic acids is 1. The van der Waals surface area contributed by atoms with Crippen LogP contribution < -0.4 is 0 Å². The Balaban J connectivity index is 3.23. The minimum atomic E-state index is -0.641. The van der Waals surface area contributed by atoms with Crippen LogP contribution >= 0.6 is 0 Å². The van der Waals surface area contributed by atoms with Crippen molar-refractivity contribution in [2.45, 2.75) is 129 Å². The Bertz CT molecular complexity index is 322. The van der Waals surface area contributed by atoms with Crippen molar-refractivity contribution in [1.29, 1.82) is 0 Å². The molecule has 0 spiro atoms. The standard InChI is InChI=1S/C24H46O2/c1-3-5-6-7-8-9-10-11-12-13-14-15-16-17-18-19-20-21-23(4-2)22-24(25)26/h11-12,23H,3-10,13-22H2,1-2H3,(H,25,26)/b12-11+. The summed E-state index contributed by atoms with van der Waals surface area (Å²) in [6, 6.07) is 0. The first kappa shape index (κ1) is 25.2. The number of hydrogen-bond acceptors (Lipinski definition) is 1. The third kappa shape index (κ3) is 19.5. The molecule has 2 nitrogen and oxygen atoms in total. The summed E-state index contributed by atoms with van der Waals surface area (Å²) in [6.45, 7) is 4.38.